The van der Waals surface area contributed by atoms with Gasteiger partial charge in [-0.25, -0.2) is 0 Å². The maximum absolute atomic E-state index is 5.98. The van der Waals surface area contributed by atoms with Crippen molar-refractivity contribution in [1.29, 1.82) is 0 Å². The van der Waals surface area contributed by atoms with Crippen molar-refractivity contribution < 1.29 is 20.1 Å². The van der Waals surface area contributed by atoms with Crippen LogP contribution < -0.4 is 0 Å². The predicted octanol–water partition coefficient (Wildman–Crippen LogP) is 4.18. The summed E-state index contributed by atoms with van der Waals surface area (Å²) in [6.45, 7) is 4.17. The van der Waals surface area contributed by atoms with Gasteiger partial charge in [-0.05, 0) is 12.8 Å². The second-order valence-electron chi connectivity index (χ2n) is 4.34. The second-order valence-corrected chi connectivity index (χ2v) is 6.25. The zero-order valence-corrected chi connectivity index (χ0v) is 12.2. The van der Waals surface area contributed by atoms with Gasteiger partial charge in [-0.3, -0.25) is 0 Å². The Bertz CT molecular complexity index is 391. The third kappa shape index (κ3) is 3.39. The molecule has 0 saturated carbocycles. The zero-order chi connectivity index (χ0) is 12.1. The molecule has 2 aliphatic rings. The van der Waals surface area contributed by atoms with Gasteiger partial charge in [0.2, 0.25) is 0 Å². The fourth-order valence-electron chi connectivity index (χ4n) is 2.10. The normalized spacial score (nSPS) is 21.3. The molecule has 3 rings (SSSR count). The van der Waals surface area contributed by atoms with Crippen molar-refractivity contribution in [3.05, 3.63) is 41.0 Å². The Morgan fingerprint density at radius 2 is 1.94 bits per heavy atom. The number of halogens is 1. The summed E-state index contributed by atoms with van der Waals surface area (Å²) in [7, 11) is 5.98. The molecule has 0 bridgehead atoms. The molecule has 0 spiro atoms. The van der Waals surface area contributed by atoms with E-state index in [1.54, 1.807) is 0 Å². The summed E-state index contributed by atoms with van der Waals surface area (Å²) in [5.41, 5.74) is 4.20. The van der Waals surface area contributed by atoms with Crippen molar-refractivity contribution in [2.45, 2.75) is 24.4 Å². The Morgan fingerprint density at radius 1 is 1.24 bits per heavy atom. The molecule has 1 aromatic rings. The average Bonchev–Trinajstić information content (AvgIpc) is 2.98. The van der Waals surface area contributed by atoms with E-state index in [9.17, 15) is 0 Å². The molecular weight excluding hydrogens is 271 g/mol. The molecule has 0 radical (unpaired) electrons. The molecule has 0 N–H and O–H groups in total. The molecule has 1 aromatic carbocycles. The molecule has 91 valence electrons. The third-order valence-electron chi connectivity index (χ3n) is 3.03. The van der Waals surface area contributed by atoms with Crippen LogP contribution in [0, 0.1) is 0 Å². The van der Waals surface area contributed by atoms with E-state index < -0.39 is 0 Å². The first-order chi connectivity index (χ1) is 8.33. The summed E-state index contributed by atoms with van der Waals surface area (Å²) in [6, 6.07) is 8.51. The van der Waals surface area contributed by atoms with Crippen molar-refractivity contribution in [3.8, 4) is 0 Å². The summed E-state index contributed by atoms with van der Waals surface area (Å²) >= 11 is -0.0862. The number of rotatable bonds is 1. The van der Waals surface area contributed by atoms with Gasteiger partial charge in [0, 0.05) is 13.2 Å². The van der Waals surface area contributed by atoms with Crippen LogP contribution >= 0.6 is 9.85 Å². The molecule has 1 heterocycles. The zero-order valence-electron chi connectivity index (χ0n) is 10.0. The average molecular weight is 288 g/mol. The van der Waals surface area contributed by atoms with Gasteiger partial charge in [0.05, 0.1) is 0 Å². The molecule has 1 nitrogen and oxygen atoms in total. The van der Waals surface area contributed by atoms with Crippen LogP contribution in [0.2, 0.25) is 0 Å². The van der Waals surface area contributed by atoms with Crippen molar-refractivity contribution in [3.63, 3.8) is 0 Å². The number of hydrogen-bond acceptors (Lipinski definition) is 1. The molecule has 1 aliphatic heterocycles. The van der Waals surface area contributed by atoms with Crippen LogP contribution in [0.1, 0.15) is 35.5 Å². The van der Waals surface area contributed by atoms with Crippen LogP contribution in [0.5, 0.6) is 0 Å². The van der Waals surface area contributed by atoms with Crippen LogP contribution in [-0.4, -0.2) is 13.2 Å². The first-order valence-corrected chi connectivity index (χ1v) is 8.71. The quantitative estimate of drug-likeness (QED) is 0.753. The van der Waals surface area contributed by atoms with Crippen LogP contribution in [0.15, 0.2) is 29.8 Å². The second kappa shape index (κ2) is 6.65. The molecule has 0 amide bonds. The van der Waals surface area contributed by atoms with Crippen molar-refractivity contribution in [2.24, 2.45) is 0 Å². The van der Waals surface area contributed by atoms with Crippen LogP contribution in [0.3, 0.4) is 0 Å². The number of benzene rings is 1. The Morgan fingerprint density at radius 3 is 2.53 bits per heavy atom. The Hall–Kier alpha value is -0.206. The first kappa shape index (κ1) is 13.2. The van der Waals surface area contributed by atoms with Gasteiger partial charge in [0.15, 0.2) is 0 Å². The Labute approximate surface area is 114 Å². The van der Waals surface area contributed by atoms with Gasteiger partial charge in [-0.15, -0.1) is 0 Å². The van der Waals surface area contributed by atoms with Crippen LogP contribution in [0.25, 0.3) is 6.08 Å². The Kier molecular flexibility index (Phi) is 5.18. The van der Waals surface area contributed by atoms with E-state index in [1.165, 1.54) is 29.5 Å². The van der Waals surface area contributed by atoms with Crippen LogP contribution in [-0.2, 0) is 20.1 Å². The van der Waals surface area contributed by atoms with Crippen LogP contribution in [0.4, 0.5) is 0 Å². The van der Waals surface area contributed by atoms with Gasteiger partial charge >= 0.3 is 83.8 Å². The van der Waals surface area contributed by atoms with Crippen molar-refractivity contribution >= 4 is 15.9 Å². The summed E-state index contributed by atoms with van der Waals surface area (Å²) in [4.78, 5) is 0. The van der Waals surface area contributed by atoms with Gasteiger partial charge < -0.3 is 4.74 Å². The third-order valence-corrected chi connectivity index (χ3v) is 5.21. The van der Waals surface area contributed by atoms with E-state index >= 15 is 0 Å². The minimum atomic E-state index is -0.0862. The molecule has 1 atom stereocenters. The van der Waals surface area contributed by atoms with E-state index in [1.807, 2.05) is 0 Å². The maximum atomic E-state index is 5.98. The number of allylic oxidation sites excluding steroid dienone is 1. The SMILES string of the molecule is C1CCOC1.CC1=Cc2ccccc2[CH]1[V][Cl]. The van der Waals surface area contributed by atoms with Crippen molar-refractivity contribution in [2.75, 3.05) is 13.2 Å². The van der Waals surface area contributed by atoms with Gasteiger partial charge in [-0.1, -0.05) is 0 Å². The van der Waals surface area contributed by atoms with Crippen molar-refractivity contribution in [1.82, 2.24) is 0 Å². The minimum absolute atomic E-state index is 0.0862. The molecule has 1 saturated heterocycles. The summed E-state index contributed by atoms with van der Waals surface area (Å²) in [5, 5.41) is 0. The topological polar surface area (TPSA) is 9.23 Å². The molecule has 1 aliphatic carbocycles. The number of ether oxygens (including phenoxy) is 1. The molecule has 1 fully saturated rings. The van der Waals surface area contributed by atoms with Gasteiger partial charge in [-0.2, -0.15) is 0 Å². The Balaban J connectivity index is 0.000000181. The van der Waals surface area contributed by atoms with E-state index in [0.29, 0.717) is 4.63 Å². The standard InChI is InChI=1S/C10H9.C4H8O.ClH.V/c1-8-6-9-4-2-3-5-10(9)7-8;1-2-4-5-3-1;;/h2-7H,1H3;1-4H2;1H;/q;;;+1/p-1. The van der Waals surface area contributed by atoms with E-state index in [-0.39, 0.29) is 15.3 Å². The molecule has 17 heavy (non-hydrogen) atoms. The fraction of sp³-hybridized carbons (Fsp3) is 0.429. The predicted molar refractivity (Wildman–Crippen MR) is 68.7 cm³/mol. The summed E-state index contributed by atoms with van der Waals surface area (Å²) in [6.07, 6.45) is 4.80. The van der Waals surface area contributed by atoms with E-state index in [2.05, 4.69) is 37.3 Å². The molecule has 1 unspecified atom stereocenters. The molecule has 0 aromatic heterocycles. The van der Waals surface area contributed by atoms with E-state index in [4.69, 9.17) is 14.6 Å². The number of hydrogen-bond donors (Lipinski definition) is 0. The monoisotopic (exact) mass is 287 g/mol. The molecule has 3 heteroatoms. The van der Waals surface area contributed by atoms with Gasteiger partial charge in [0.25, 0.3) is 0 Å². The van der Waals surface area contributed by atoms with Gasteiger partial charge in [0.1, 0.15) is 0 Å². The summed E-state index contributed by atoms with van der Waals surface area (Å²) < 4.78 is 5.49. The first-order valence-electron chi connectivity index (χ1n) is 5.99. The number of fused-ring (bicyclic) bond motifs is 1. The van der Waals surface area contributed by atoms with E-state index in [0.717, 1.165) is 13.2 Å². The molecular formula is C14H17ClOV. The summed E-state index contributed by atoms with van der Waals surface area (Å²) in [5.74, 6) is 0. The fourth-order valence-corrected chi connectivity index (χ4v) is 4.06.